The summed E-state index contributed by atoms with van der Waals surface area (Å²) in [5.41, 5.74) is 10.7. The Morgan fingerprint density at radius 3 is 2.35 bits per heavy atom. The summed E-state index contributed by atoms with van der Waals surface area (Å²) >= 11 is 0. The molecule has 2 aromatic rings. The van der Waals surface area contributed by atoms with Crippen molar-refractivity contribution in [1.82, 2.24) is 0 Å². The van der Waals surface area contributed by atoms with Gasteiger partial charge in [0.05, 0.1) is 0 Å². The van der Waals surface area contributed by atoms with E-state index in [0.717, 1.165) is 6.42 Å². The van der Waals surface area contributed by atoms with Crippen LogP contribution in [0, 0.1) is 13.8 Å². The van der Waals surface area contributed by atoms with Crippen LogP contribution < -0.4 is 35.3 Å². The molecular formula is C23H21Cl2Ti. The summed E-state index contributed by atoms with van der Waals surface area (Å²) < 4.78 is 0. The SMILES string of the molecule is CC(C)=c1cc2c(c(C3=CC=CC3)c1C)=[C-]c1cc(C)ccc1-2.[Cl-].[Cl-].[Ti+3]. The Hall–Kier alpha value is -1.05. The van der Waals surface area contributed by atoms with Gasteiger partial charge in [0.1, 0.15) is 0 Å². The molecular weight excluding hydrogens is 395 g/mol. The fourth-order valence-corrected chi connectivity index (χ4v) is 3.81. The van der Waals surface area contributed by atoms with Crippen molar-refractivity contribution >= 4 is 17.2 Å². The topological polar surface area (TPSA) is 0 Å². The van der Waals surface area contributed by atoms with E-state index < -0.39 is 0 Å². The molecule has 0 N–H and O–H groups in total. The molecule has 0 aromatic heterocycles. The second-order valence-electron chi connectivity index (χ2n) is 6.84. The summed E-state index contributed by atoms with van der Waals surface area (Å²) in [6.07, 6.45) is 11.4. The molecule has 2 aromatic carbocycles. The van der Waals surface area contributed by atoms with Crippen molar-refractivity contribution in [3.05, 3.63) is 75.2 Å². The maximum atomic E-state index is 3.69. The summed E-state index contributed by atoms with van der Waals surface area (Å²) in [6, 6.07) is 9.06. The van der Waals surface area contributed by atoms with E-state index in [9.17, 15) is 0 Å². The van der Waals surface area contributed by atoms with Gasteiger partial charge in [-0.2, -0.15) is 0 Å². The maximum absolute atomic E-state index is 3.69. The summed E-state index contributed by atoms with van der Waals surface area (Å²) in [7, 11) is 0. The van der Waals surface area contributed by atoms with E-state index in [4.69, 9.17) is 0 Å². The predicted molar refractivity (Wildman–Crippen MR) is 99.6 cm³/mol. The maximum Gasteiger partial charge on any atom is 3.00 e. The monoisotopic (exact) mass is 415 g/mol. The van der Waals surface area contributed by atoms with Crippen LogP contribution in [0.3, 0.4) is 0 Å². The van der Waals surface area contributed by atoms with E-state index in [2.05, 4.69) is 76.3 Å². The third-order valence-electron chi connectivity index (χ3n) is 4.94. The first-order chi connectivity index (χ1) is 11.1. The van der Waals surface area contributed by atoms with Crippen LogP contribution in [0.2, 0.25) is 0 Å². The first kappa shape index (κ1) is 23.0. The van der Waals surface area contributed by atoms with Crippen molar-refractivity contribution < 1.29 is 46.5 Å². The van der Waals surface area contributed by atoms with Crippen LogP contribution in [0.15, 0.2) is 42.5 Å². The van der Waals surface area contributed by atoms with Crippen LogP contribution in [-0.2, 0) is 21.7 Å². The first-order valence-electron chi connectivity index (χ1n) is 8.28. The zero-order valence-electron chi connectivity index (χ0n) is 15.5. The zero-order valence-corrected chi connectivity index (χ0v) is 18.6. The fourth-order valence-electron chi connectivity index (χ4n) is 3.81. The van der Waals surface area contributed by atoms with E-state index in [1.807, 2.05) is 0 Å². The van der Waals surface area contributed by atoms with Gasteiger partial charge in [0, 0.05) is 0 Å². The van der Waals surface area contributed by atoms with Crippen molar-refractivity contribution in [2.45, 2.75) is 34.1 Å². The second-order valence-corrected chi connectivity index (χ2v) is 6.84. The zero-order chi connectivity index (χ0) is 16.1. The van der Waals surface area contributed by atoms with Crippen molar-refractivity contribution in [1.29, 1.82) is 0 Å². The van der Waals surface area contributed by atoms with E-state index in [0.29, 0.717) is 0 Å². The molecule has 0 saturated heterocycles. The summed E-state index contributed by atoms with van der Waals surface area (Å²) in [4.78, 5) is 0. The Balaban J connectivity index is 0.00000113. The Bertz CT molecular complexity index is 1020. The van der Waals surface area contributed by atoms with Crippen LogP contribution >= 0.6 is 0 Å². The van der Waals surface area contributed by atoms with Crippen LogP contribution in [0.25, 0.3) is 28.3 Å². The van der Waals surface area contributed by atoms with Crippen molar-refractivity contribution in [3.8, 4) is 11.1 Å². The van der Waals surface area contributed by atoms with Crippen molar-refractivity contribution in [2.75, 3.05) is 0 Å². The first-order valence-corrected chi connectivity index (χ1v) is 8.28. The van der Waals surface area contributed by atoms with E-state index in [-0.39, 0.29) is 46.5 Å². The van der Waals surface area contributed by atoms with Gasteiger partial charge in [-0.05, 0) is 39.3 Å². The van der Waals surface area contributed by atoms with Crippen LogP contribution in [0.5, 0.6) is 0 Å². The van der Waals surface area contributed by atoms with Gasteiger partial charge < -0.3 is 24.8 Å². The van der Waals surface area contributed by atoms with Crippen LogP contribution in [0.1, 0.15) is 42.5 Å². The van der Waals surface area contributed by atoms with Gasteiger partial charge in [-0.15, -0.1) is 34.1 Å². The number of aryl methyl sites for hydroxylation is 1. The molecule has 3 heteroatoms. The third-order valence-corrected chi connectivity index (χ3v) is 4.94. The molecule has 0 nitrogen and oxygen atoms in total. The third kappa shape index (κ3) is 3.66. The molecule has 0 saturated carbocycles. The Labute approximate surface area is 183 Å². The van der Waals surface area contributed by atoms with E-state index >= 15 is 0 Å². The standard InChI is InChI=1S/C23H21.2ClH.Ti/c1-14(2)20-13-21-19-10-9-15(3)11-18(19)12-22(21)23(16(20)4)17-7-5-6-8-17;;;/h5-7,9-11,13H,8H2,1-4H3;2*1H;/q-1;;;+3/p-2. The minimum atomic E-state index is 0. The van der Waals surface area contributed by atoms with Crippen LogP contribution in [-0.4, -0.2) is 0 Å². The van der Waals surface area contributed by atoms with E-state index in [1.54, 1.807) is 0 Å². The normalized spacial score (nSPS) is 12.7. The molecule has 0 bridgehead atoms. The minimum absolute atomic E-state index is 0. The fraction of sp³-hybridized carbons (Fsp3) is 0.217. The quantitative estimate of drug-likeness (QED) is 0.336. The number of fused-ring (bicyclic) bond motifs is 3. The van der Waals surface area contributed by atoms with Crippen molar-refractivity contribution in [3.63, 3.8) is 0 Å². The molecule has 0 spiro atoms. The minimum Gasteiger partial charge on any atom is -1.00 e. The van der Waals surface area contributed by atoms with Crippen LogP contribution in [0.4, 0.5) is 0 Å². The number of allylic oxidation sites excluding steroid dienone is 4. The number of hydrogen-bond acceptors (Lipinski definition) is 0. The van der Waals surface area contributed by atoms with Gasteiger partial charge in [-0.25, -0.2) is 0 Å². The molecule has 2 aliphatic carbocycles. The summed E-state index contributed by atoms with van der Waals surface area (Å²) in [5, 5.41) is 2.66. The molecule has 0 unspecified atom stereocenters. The molecule has 4 rings (SSSR count). The second kappa shape index (κ2) is 8.76. The number of hydrogen-bond donors (Lipinski definition) is 0. The molecule has 0 fully saturated rings. The molecule has 0 atom stereocenters. The van der Waals surface area contributed by atoms with Gasteiger partial charge in [0.15, 0.2) is 0 Å². The van der Waals surface area contributed by atoms with Gasteiger partial charge in [0.2, 0.25) is 0 Å². The molecule has 0 amide bonds. The predicted octanol–water partition coefficient (Wildman–Crippen LogP) is -1.47. The summed E-state index contributed by atoms with van der Waals surface area (Å²) in [6.45, 7) is 8.82. The summed E-state index contributed by atoms with van der Waals surface area (Å²) in [5.74, 6) is 0. The molecule has 0 aliphatic heterocycles. The van der Waals surface area contributed by atoms with Crippen molar-refractivity contribution in [2.24, 2.45) is 0 Å². The average Bonchev–Trinajstić information content (AvgIpc) is 3.13. The number of rotatable bonds is 1. The molecule has 0 heterocycles. The largest absolute Gasteiger partial charge is 3.00 e. The number of halogens is 2. The Morgan fingerprint density at radius 1 is 1.00 bits per heavy atom. The molecule has 131 valence electrons. The number of benzene rings is 2. The van der Waals surface area contributed by atoms with E-state index in [1.165, 1.54) is 55.0 Å². The average molecular weight is 416 g/mol. The Morgan fingerprint density at radius 2 is 1.73 bits per heavy atom. The van der Waals surface area contributed by atoms with Gasteiger partial charge in [-0.3, -0.25) is 0 Å². The molecule has 26 heavy (non-hydrogen) atoms. The Kier molecular flexibility index (Phi) is 7.75. The van der Waals surface area contributed by atoms with Gasteiger partial charge >= 0.3 is 21.7 Å². The molecule has 2 aliphatic rings. The molecule has 1 radical (unpaired) electrons. The smallest absolute Gasteiger partial charge is 1.00 e. The van der Waals surface area contributed by atoms with Gasteiger partial charge in [-0.1, -0.05) is 64.3 Å². The van der Waals surface area contributed by atoms with Gasteiger partial charge in [0.25, 0.3) is 0 Å².